The Morgan fingerprint density at radius 1 is 1.47 bits per heavy atom. The van der Waals surface area contributed by atoms with Gasteiger partial charge in [0.1, 0.15) is 13.2 Å². The van der Waals surface area contributed by atoms with Crippen LogP contribution in [0.1, 0.15) is 5.56 Å². The minimum Gasteiger partial charge on any atom is -0.447 e. The number of ether oxygens (including phenoxy) is 1. The van der Waals surface area contributed by atoms with Gasteiger partial charge in [0.2, 0.25) is 5.91 Å². The standard InChI is InChI=1S/C12H12N4O3/c13-15-14-7-11(17)16-10(8-19-12(16)18)6-9-4-2-1-3-5-9/h1-5,10H,6-8H2/t10-/m0/s1. The van der Waals surface area contributed by atoms with E-state index in [-0.39, 0.29) is 19.2 Å². The summed E-state index contributed by atoms with van der Waals surface area (Å²) in [4.78, 5) is 26.8. The number of nitrogens with zero attached hydrogens (tertiary/aromatic N) is 4. The number of carbonyl (C=O) groups excluding carboxylic acids is 2. The third-order valence-corrected chi connectivity index (χ3v) is 2.81. The predicted molar refractivity (Wildman–Crippen MR) is 66.1 cm³/mol. The first-order valence-corrected chi connectivity index (χ1v) is 5.76. The Labute approximate surface area is 109 Å². The Balaban J connectivity index is 2.09. The molecule has 1 atom stereocenters. The maximum atomic E-state index is 11.8. The molecule has 0 spiro atoms. The van der Waals surface area contributed by atoms with Crippen LogP contribution in [0.3, 0.4) is 0 Å². The molecule has 98 valence electrons. The van der Waals surface area contributed by atoms with Crippen LogP contribution in [0.5, 0.6) is 0 Å². The summed E-state index contributed by atoms with van der Waals surface area (Å²) >= 11 is 0. The van der Waals surface area contributed by atoms with Gasteiger partial charge in [-0.2, -0.15) is 0 Å². The molecule has 1 heterocycles. The van der Waals surface area contributed by atoms with Gasteiger partial charge in [-0.1, -0.05) is 35.4 Å². The summed E-state index contributed by atoms with van der Waals surface area (Å²) in [7, 11) is 0. The van der Waals surface area contributed by atoms with Gasteiger partial charge in [0, 0.05) is 4.91 Å². The fraction of sp³-hybridized carbons (Fsp3) is 0.333. The SMILES string of the molecule is [N-]=[N+]=NCC(=O)N1C(=O)OC[C@@H]1Cc1ccccc1. The van der Waals surface area contributed by atoms with E-state index in [2.05, 4.69) is 10.0 Å². The second-order valence-electron chi connectivity index (χ2n) is 4.07. The summed E-state index contributed by atoms with van der Waals surface area (Å²) in [6.07, 6.45) is -0.159. The van der Waals surface area contributed by atoms with E-state index in [4.69, 9.17) is 10.3 Å². The van der Waals surface area contributed by atoms with Crippen molar-refractivity contribution in [3.63, 3.8) is 0 Å². The minimum absolute atomic E-state index is 0.162. The summed E-state index contributed by atoms with van der Waals surface area (Å²) in [5.41, 5.74) is 9.20. The number of imide groups is 1. The lowest BCUT2D eigenvalue weighted by Gasteiger charge is -2.18. The van der Waals surface area contributed by atoms with Crippen LogP contribution in [-0.2, 0) is 16.0 Å². The summed E-state index contributed by atoms with van der Waals surface area (Å²) in [6, 6.07) is 9.15. The second kappa shape index (κ2) is 5.88. The van der Waals surface area contributed by atoms with Gasteiger partial charge in [0.05, 0.1) is 6.04 Å². The molecular formula is C12H12N4O3. The number of rotatable bonds is 4. The minimum atomic E-state index is -0.681. The lowest BCUT2D eigenvalue weighted by Crippen LogP contribution is -2.41. The molecule has 0 N–H and O–H groups in total. The average Bonchev–Trinajstić information content (AvgIpc) is 2.78. The van der Waals surface area contributed by atoms with Crippen LogP contribution >= 0.6 is 0 Å². The van der Waals surface area contributed by atoms with Crippen LogP contribution in [0.15, 0.2) is 35.4 Å². The molecule has 7 heteroatoms. The molecule has 0 bridgehead atoms. The van der Waals surface area contributed by atoms with Crippen molar-refractivity contribution in [3.8, 4) is 0 Å². The Morgan fingerprint density at radius 2 is 2.21 bits per heavy atom. The predicted octanol–water partition coefficient (Wildman–Crippen LogP) is 1.89. The Hall–Kier alpha value is -2.53. The first-order chi connectivity index (χ1) is 9.22. The van der Waals surface area contributed by atoms with E-state index < -0.39 is 12.0 Å². The van der Waals surface area contributed by atoms with Crippen LogP contribution in [-0.4, -0.2) is 36.1 Å². The summed E-state index contributed by atoms with van der Waals surface area (Å²) < 4.78 is 4.88. The van der Waals surface area contributed by atoms with Crippen molar-refractivity contribution in [3.05, 3.63) is 46.3 Å². The third kappa shape index (κ3) is 3.02. The van der Waals surface area contributed by atoms with Gasteiger partial charge in [0.25, 0.3) is 0 Å². The number of carbonyl (C=O) groups is 2. The maximum Gasteiger partial charge on any atom is 0.416 e. The normalized spacial score (nSPS) is 17.8. The summed E-state index contributed by atoms with van der Waals surface area (Å²) in [5, 5.41) is 3.17. The molecule has 0 radical (unpaired) electrons. The highest BCUT2D eigenvalue weighted by molar-refractivity contribution is 5.94. The van der Waals surface area contributed by atoms with Gasteiger partial charge in [-0.05, 0) is 17.5 Å². The first kappa shape index (κ1) is 12.9. The lowest BCUT2D eigenvalue weighted by molar-refractivity contribution is -0.127. The topological polar surface area (TPSA) is 95.4 Å². The maximum absolute atomic E-state index is 11.8. The lowest BCUT2D eigenvalue weighted by atomic mass is 10.1. The largest absolute Gasteiger partial charge is 0.447 e. The Bertz CT molecular complexity index is 525. The molecule has 19 heavy (non-hydrogen) atoms. The quantitative estimate of drug-likeness (QED) is 0.469. The molecule has 7 nitrogen and oxygen atoms in total. The van der Waals surface area contributed by atoms with Crippen LogP contribution in [0.2, 0.25) is 0 Å². The summed E-state index contributed by atoms with van der Waals surface area (Å²) in [6.45, 7) is -0.216. The molecule has 1 aliphatic rings. The molecule has 0 aromatic heterocycles. The van der Waals surface area contributed by atoms with E-state index in [1.54, 1.807) is 0 Å². The third-order valence-electron chi connectivity index (χ3n) is 2.81. The van der Waals surface area contributed by atoms with E-state index in [9.17, 15) is 9.59 Å². The zero-order valence-corrected chi connectivity index (χ0v) is 10.1. The molecule has 2 amide bonds. The van der Waals surface area contributed by atoms with Crippen molar-refractivity contribution < 1.29 is 14.3 Å². The number of benzene rings is 1. The van der Waals surface area contributed by atoms with Crippen molar-refractivity contribution in [2.45, 2.75) is 12.5 Å². The Kier molecular flexibility index (Phi) is 4.00. The van der Waals surface area contributed by atoms with Crippen LogP contribution in [0, 0.1) is 0 Å². The van der Waals surface area contributed by atoms with Gasteiger partial charge in [-0.25, -0.2) is 9.69 Å². The highest BCUT2D eigenvalue weighted by Crippen LogP contribution is 2.17. The van der Waals surface area contributed by atoms with Crippen LogP contribution < -0.4 is 0 Å². The zero-order chi connectivity index (χ0) is 13.7. The van der Waals surface area contributed by atoms with Crippen molar-refractivity contribution in [1.29, 1.82) is 0 Å². The first-order valence-electron chi connectivity index (χ1n) is 5.76. The monoisotopic (exact) mass is 260 g/mol. The molecule has 0 saturated carbocycles. The molecular weight excluding hydrogens is 248 g/mol. The van der Waals surface area contributed by atoms with Crippen molar-refractivity contribution in [1.82, 2.24) is 4.90 Å². The van der Waals surface area contributed by atoms with E-state index in [0.717, 1.165) is 10.5 Å². The van der Waals surface area contributed by atoms with Gasteiger partial charge in [-0.3, -0.25) is 4.79 Å². The van der Waals surface area contributed by atoms with Crippen LogP contribution in [0.25, 0.3) is 10.4 Å². The fourth-order valence-electron chi connectivity index (χ4n) is 1.97. The highest BCUT2D eigenvalue weighted by Gasteiger charge is 2.37. The average molecular weight is 260 g/mol. The van der Waals surface area contributed by atoms with Gasteiger partial charge in [-0.15, -0.1) is 0 Å². The summed E-state index contributed by atoms with van der Waals surface area (Å²) in [5.74, 6) is -0.541. The fourth-order valence-corrected chi connectivity index (χ4v) is 1.97. The highest BCUT2D eigenvalue weighted by atomic mass is 16.6. The van der Waals surface area contributed by atoms with E-state index in [1.165, 1.54) is 0 Å². The van der Waals surface area contributed by atoms with Crippen molar-refractivity contribution >= 4 is 12.0 Å². The molecule has 1 saturated heterocycles. The molecule has 2 rings (SSSR count). The Morgan fingerprint density at radius 3 is 2.89 bits per heavy atom. The molecule has 1 aromatic carbocycles. The number of hydrogen-bond acceptors (Lipinski definition) is 4. The van der Waals surface area contributed by atoms with Gasteiger partial charge in [0.15, 0.2) is 0 Å². The van der Waals surface area contributed by atoms with E-state index in [1.807, 2.05) is 30.3 Å². The van der Waals surface area contributed by atoms with E-state index >= 15 is 0 Å². The smallest absolute Gasteiger partial charge is 0.416 e. The molecule has 1 aliphatic heterocycles. The van der Waals surface area contributed by atoms with Crippen molar-refractivity contribution in [2.75, 3.05) is 13.2 Å². The number of amides is 2. The number of azide groups is 1. The van der Waals surface area contributed by atoms with E-state index in [0.29, 0.717) is 6.42 Å². The van der Waals surface area contributed by atoms with Gasteiger partial charge >= 0.3 is 6.09 Å². The molecule has 0 aliphatic carbocycles. The number of hydrogen-bond donors (Lipinski definition) is 0. The molecule has 0 unspecified atom stereocenters. The van der Waals surface area contributed by atoms with Crippen molar-refractivity contribution in [2.24, 2.45) is 5.11 Å². The second-order valence-corrected chi connectivity index (χ2v) is 4.07. The molecule has 1 aromatic rings. The molecule has 1 fully saturated rings. The zero-order valence-electron chi connectivity index (χ0n) is 10.1. The van der Waals surface area contributed by atoms with Crippen LogP contribution in [0.4, 0.5) is 4.79 Å². The van der Waals surface area contributed by atoms with Gasteiger partial charge < -0.3 is 4.74 Å². The number of cyclic esters (lactones) is 1.